The van der Waals surface area contributed by atoms with E-state index >= 15 is 0 Å². The van der Waals surface area contributed by atoms with Crippen LogP contribution in [-0.2, 0) is 13.2 Å². The van der Waals surface area contributed by atoms with E-state index < -0.39 is 0 Å². The maximum absolute atomic E-state index is 6.09. The van der Waals surface area contributed by atoms with E-state index in [0.717, 1.165) is 36.7 Å². The number of benzene rings is 2. The molecule has 0 aliphatic carbocycles. The fraction of sp³-hybridized carbons (Fsp3) is 0.478. The van der Waals surface area contributed by atoms with Crippen molar-refractivity contribution in [3.8, 4) is 11.5 Å². The van der Waals surface area contributed by atoms with Crippen molar-refractivity contribution >= 4 is 23.2 Å². The number of hydrogen-bond donors (Lipinski definition) is 1. The molecule has 0 aromatic heterocycles. The normalized spacial score (nSPS) is 16.9. The topological polar surface area (TPSA) is 33.7 Å². The van der Waals surface area contributed by atoms with Crippen LogP contribution in [0.2, 0.25) is 10.0 Å². The molecule has 0 spiro atoms. The lowest BCUT2D eigenvalue weighted by atomic mass is 10.1. The van der Waals surface area contributed by atoms with E-state index in [0.29, 0.717) is 29.3 Å². The standard InChI is InChI=1S/C23H30Cl2N2O2/c1-3-27-11-5-6-19(27)15-26-14-17-8-10-22(23(13-17)28-4-2)29-16-18-7-9-20(24)21(25)12-18/h7-10,12-13,19,26H,3-6,11,14-16H2,1-2H3. The van der Waals surface area contributed by atoms with Gasteiger partial charge in [0.15, 0.2) is 11.5 Å². The van der Waals surface area contributed by atoms with Gasteiger partial charge >= 0.3 is 0 Å². The third-order valence-electron chi connectivity index (χ3n) is 5.30. The minimum Gasteiger partial charge on any atom is -0.490 e. The SMILES string of the molecule is CCOc1cc(CNCC2CCCN2CC)ccc1OCc1ccc(Cl)c(Cl)c1. The van der Waals surface area contributed by atoms with Gasteiger partial charge in [-0.25, -0.2) is 0 Å². The molecule has 3 rings (SSSR count). The molecule has 158 valence electrons. The number of halogens is 2. The van der Waals surface area contributed by atoms with Gasteiger partial charge in [0.05, 0.1) is 16.7 Å². The second-order valence-electron chi connectivity index (χ2n) is 7.31. The van der Waals surface area contributed by atoms with Gasteiger partial charge in [-0.1, -0.05) is 42.3 Å². The first-order valence-electron chi connectivity index (χ1n) is 10.4. The highest BCUT2D eigenvalue weighted by Gasteiger charge is 2.22. The predicted octanol–water partition coefficient (Wildman–Crippen LogP) is 5.55. The maximum atomic E-state index is 6.09. The zero-order valence-electron chi connectivity index (χ0n) is 17.2. The second-order valence-corrected chi connectivity index (χ2v) is 8.12. The van der Waals surface area contributed by atoms with E-state index in [9.17, 15) is 0 Å². The van der Waals surface area contributed by atoms with Crippen LogP contribution in [-0.4, -0.2) is 37.2 Å². The Kier molecular flexibility index (Phi) is 8.49. The van der Waals surface area contributed by atoms with Crippen LogP contribution in [0.1, 0.15) is 37.8 Å². The van der Waals surface area contributed by atoms with E-state index in [-0.39, 0.29) is 0 Å². The van der Waals surface area contributed by atoms with Crippen LogP contribution in [0.25, 0.3) is 0 Å². The highest BCUT2D eigenvalue weighted by molar-refractivity contribution is 6.42. The van der Waals surface area contributed by atoms with Crippen molar-refractivity contribution < 1.29 is 9.47 Å². The quantitative estimate of drug-likeness (QED) is 0.529. The number of ether oxygens (including phenoxy) is 2. The summed E-state index contributed by atoms with van der Waals surface area (Å²) in [6.07, 6.45) is 2.59. The first-order chi connectivity index (χ1) is 14.1. The average Bonchev–Trinajstić information content (AvgIpc) is 3.17. The van der Waals surface area contributed by atoms with E-state index in [1.54, 1.807) is 6.07 Å². The summed E-state index contributed by atoms with van der Waals surface area (Å²) in [5.41, 5.74) is 2.15. The molecule has 0 amide bonds. The van der Waals surface area contributed by atoms with Gasteiger partial charge in [-0.15, -0.1) is 0 Å². The van der Waals surface area contributed by atoms with E-state index in [2.05, 4.69) is 29.3 Å². The highest BCUT2D eigenvalue weighted by atomic mass is 35.5. The maximum Gasteiger partial charge on any atom is 0.161 e. The molecule has 1 saturated heterocycles. The van der Waals surface area contributed by atoms with Gasteiger partial charge in [-0.05, 0) is 68.2 Å². The monoisotopic (exact) mass is 436 g/mol. The summed E-state index contributed by atoms with van der Waals surface area (Å²) in [4.78, 5) is 2.55. The molecule has 1 atom stereocenters. The Morgan fingerprint density at radius 2 is 1.83 bits per heavy atom. The Morgan fingerprint density at radius 3 is 2.59 bits per heavy atom. The second kappa shape index (κ2) is 11.1. The van der Waals surface area contributed by atoms with Crippen LogP contribution < -0.4 is 14.8 Å². The third-order valence-corrected chi connectivity index (χ3v) is 6.04. The largest absolute Gasteiger partial charge is 0.490 e. The molecule has 1 aliphatic rings. The van der Waals surface area contributed by atoms with Crippen molar-refractivity contribution in [1.29, 1.82) is 0 Å². The minimum absolute atomic E-state index is 0.406. The minimum atomic E-state index is 0.406. The molecule has 4 nitrogen and oxygen atoms in total. The molecule has 2 aromatic rings. The Balaban J connectivity index is 1.58. The highest BCUT2D eigenvalue weighted by Crippen LogP contribution is 2.30. The van der Waals surface area contributed by atoms with Gasteiger partial charge in [-0.2, -0.15) is 0 Å². The van der Waals surface area contributed by atoms with Gasteiger partial charge in [0.25, 0.3) is 0 Å². The van der Waals surface area contributed by atoms with Crippen LogP contribution in [0, 0.1) is 0 Å². The van der Waals surface area contributed by atoms with Gasteiger partial charge in [-0.3, -0.25) is 4.90 Å². The van der Waals surface area contributed by atoms with Crippen molar-refractivity contribution in [3.63, 3.8) is 0 Å². The number of hydrogen-bond acceptors (Lipinski definition) is 4. The molecule has 2 aromatic carbocycles. The van der Waals surface area contributed by atoms with E-state index in [4.69, 9.17) is 32.7 Å². The molecule has 0 radical (unpaired) electrons. The summed E-state index contributed by atoms with van der Waals surface area (Å²) < 4.78 is 11.8. The number of likely N-dealkylation sites (tertiary alicyclic amines) is 1. The van der Waals surface area contributed by atoms with Crippen molar-refractivity contribution in [2.45, 2.75) is 45.9 Å². The summed E-state index contributed by atoms with van der Waals surface area (Å²) >= 11 is 12.1. The van der Waals surface area contributed by atoms with E-state index in [1.807, 2.05) is 25.1 Å². The first-order valence-corrected chi connectivity index (χ1v) is 11.1. The number of nitrogens with one attached hydrogen (secondary N) is 1. The van der Waals surface area contributed by atoms with Crippen LogP contribution in [0.5, 0.6) is 11.5 Å². The van der Waals surface area contributed by atoms with Gasteiger partial charge in [0, 0.05) is 19.1 Å². The molecule has 1 heterocycles. The molecule has 29 heavy (non-hydrogen) atoms. The molecule has 1 fully saturated rings. The zero-order chi connectivity index (χ0) is 20.6. The molecule has 1 unspecified atom stereocenters. The summed E-state index contributed by atoms with van der Waals surface area (Å²) in [6, 6.07) is 12.3. The van der Waals surface area contributed by atoms with Crippen LogP contribution in [0.4, 0.5) is 0 Å². The lowest BCUT2D eigenvalue weighted by molar-refractivity contribution is 0.259. The molecule has 1 aliphatic heterocycles. The van der Waals surface area contributed by atoms with Gasteiger partial charge in [0.2, 0.25) is 0 Å². The summed E-state index contributed by atoms with van der Waals surface area (Å²) in [5, 5.41) is 4.68. The van der Waals surface area contributed by atoms with Crippen LogP contribution in [0.15, 0.2) is 36.4 Å². The van der Waals surface area contributed by atoms with E-state index in [1.165, 1.54) is 24.9 Å². The van der Waals surface area contributed by atoms with Gasteiger partial charge in [0.1, 0.15) is 6.61 Å². The Labute approximate surface area is 184 Å². The first kappa shape index (κ1) is 22.2. The summed E-state index contributed by atoms with van der Waals surface area (Å²) in [6.45, 7) is 9.41. The van der Waals surface area contributed by atoms with Crippen LogP contribution >= 0.6 is 23.2 Å². The molecular formula is C23H30Cl2N2O2. The number of likely N-dealkylation sites (N-methyl/N-ethyl adjacent to an activating group) is 1. The molecule has 0 saturated carbocycles. The molecule has 6 heteroatoms. The predicted molar refractivity (Wildman–Crippen MR) is 120 cm³/mol. The fourth-order valence-electron chi connectivity index (χ4n) is 3.77. The molecule has 0 bridgehead atoms. The van der Waals surface area contributed by atoms with Crippen molar-refractivity contribution in [2.75, 3.05) is 26.2 Å². The molecule has 1 N–H and O–H groups in total. The van der Waals surface area contributed by atoms with Crippen molar-refractivity contribution in [1.82, 2.24) is 10.2 Å². The Hall–Kier alpha value is -1.46. The number of nitrogens with zero attached hydrogens (tertiary/aromatic N) is 1. The Morgan fingerprint density at radius 1 is 1.00 bits per heavy atom. The molecular weight excluding hydrogens is 407 g/mol. The van der Waals surface area contributed by atoms with Crippen molar-refractivity contribution in [2.24, 2.45) is 0 Å². The Bertz CT molecular complexity index is 800. The fourth-order valence-corrected chi connectivity index (χ4v) is 4.09. The summed E-state index contributed by atoms with van der Waals surface area (Å²) in [7, 11) is 0. The van der Waals surface area contributed by atoms with Gasteiger partial charge < -0.3 is 14.8 Å². The number of rotatable bonds is 10. The summed E-state index contributed by atoms with van der Waals surface area (Å²) in [5.74, 6) is 1.50. The smallest absolute Gasteiger partial charge is 0.161 e. The zero-order valence-corrected chi connectivity index (χ0v) is 18.7. The third kappa shape index (κ3) is 6.26. The average molecular weight is 437 g/mol. The van der Waals surface area contributed by atoms with Crippen LogP contribution in [0.3, 0.4) is 0 Å². The lowest BCUT2D eigenvalue weighted by Gasteiger charge is -2.23. The lowest BCUT2D eigenvalue weighted by Crippen LogP contribution is -2.37. The van der Waals surface area contributed by atoms with Crippen molar-refractivity contribution in [3.05, 3.63) is 57.6 Å².